The zero-order valence-corrected chi connectivity index (χ0v) is 15.8. The van der Waals surface area contributed by atoms with Crippen LogP contribution >= 0.6 is 12.2 Å². The second-order valence-corrected chi connectivity index (χ2v) is 6.35. The Morgan fingerprint density at radius 3 is 2.69 bits per heavy atom. The fourth-order valence-electron chi connectivity index (χ4n) is 2.33. The number of aryl methyl sites for hydroxylation is 1. The van der Waals surface area contributed by atoms with Gasteiger partial charge in [-0.05, 0) is 61.0 Å². The lowest BCUT2D eigenvalue weighted by Gasteiger charge is -2.11. The van der Waals surface area contributed by atoms with E-state index in [4.69, 9.17) is 17.0 Å². The molecular formula is C20H25N3O2S. The molecule has 2 rings (SSSR count). The molecule has 1 aromatic heterocycles. The number of nitrogens with zero attached hydrogens (tertiary/aromatic N) is 1. The van der Waals surface area contributed by atoms with Crippen molar-refractivity contribution in [3.63, 3.8) is 0 Å². The number of hydrogen-bond acceptors (Lipinski definition) is 4. The molecule has 0 aliphatic heterocycles. The van der Waals surface area contributed by atoms with E-state index in [1.54, 1.807) is 12.4 Å². The summed E-state index contributed by atoms with van der Waals surface area (Å²) in [5, 5.41) is 5.99. The van der Waals surface area contributed by atoms with Crippen molar-refractivity contribution in [2.45, 2.75) is 39.0 Å². The predicted molar refractivity (Wildman–Crippen MR) is 108 cm³/mol. The average molecular weight is 372 g/mol. The van der Waals surface area contributed by atoms with Gasteiger partial charge in [-0.1, -0.05) is 25.8 Å². The van der Waals surface area contributed by atoms with E-state index < -0.39 is 0 Å². The molecule has 0 saturated heterocycles. The Balaban J connectivity index is 1.70. The normalized spacial score (nSPS) is 10.2. The molecule has 0 unspecified atom stereocenters. The molecule has 1 aromatic carbocycles. The molecule has 1 heterocycles. The second kappa shape index (κ2) is 11.2. The van der Waals surface area contributed by atoms with Gasteiger partial charge >= 0.3 is 0 Å². The van der Waals surface area contributed by atoms with Gasteiger partial charge in [-0.3, -0.25) is 9.78 Å². The molecule has 2 N–H and O–H groups in total. The molecule has 0 bridgehead atoms. The monoisotopic (exact) mass is 371 g/mol. The zero-order chi connectivity index (χ0) is 18.6. The van der Waals surface area contributed by atoms with Crippen LogP contribution in [0.2, 0.25) is 0 Å². The Kier molecular flexibility index (Phi) is 8.55. The molecule has 0 spiro atoms. The number of anilines is 1. The number of nitrogens with one attached hydrogen (secondary N) is 2. The molecule has 0 aliphatic carbocycles. The van der Waals surface area contributed by atoms with Gasteiger partial charge in [-0.25, -0.2) is 0 Å². The minimum Gasteiger partial charge on any atom is -0.494 e. The molecule has 0 aliphatic rings. The third-order valence-electron chi connectivity index (χ3n) is 3.75. The highest BCUT2D eigenvalue weighted by Crippen LogP contribution is 2.16. The molecule has 138 valence electrons. The van der Waals surface area contributed by atoms with Crippen LogP contribution < -0.4 is 15.4 Å². The van der Waals surface area contributed by atoms with Crippen LogP contribution in [0.25, 0.3) is 0 Å². The average Bonchev–Trinajstić information content (AvgIpc) is 2.66. The largest absolute Gasteiger partial charge is 0.494 e. The van der Waals surface area contributed by atoms with Crippen LogP contribution in [0.4, 0.5) is 5.69 Å². The molecule has 0 saturated carbocycles. The number of aromatic nitrogens is 1. The van der Waals surface area contributed by atoms with Gasteiger partial charge < -0.3 is 15.4 Å². The van der Waals surface area contributed by atoms with E-state index in [-0.39, 0.29) is 11.0 Å². The number of pyridine rings is 1. The van der Waals surface area contributed by atoms with Gasteiger partial charge in [0.05, 0.1) is 6.61 Å². The summed E-state index contributed by atoms with van der Waals surface area (Å²) in [5.41, 5.74) is 1.83. The van der Waals surface area contributed by atoms with E-state index in [0.717, 1.165) is 30.0 Å². The summed E-state index contributed by atoms with van der Waals surface area (Å²) in [4.78, 5) is 16.0. The Hall–Kier alpha value is -2.47. The van der Waals surface area contributed by atoms with Crippen LogP contribution in [0, 0.1) is 0 Å². The summed E-state index contributed by atoms with van der Waals surface area (Å²) in [7, 11) is 0. The maximum atomic E-state index is 12.0. The number of carbonyl (C=O) groups excluding carboxylic acids is 1. The first-order chi connectivity index (χ1) is 12.7. The zero-order valence-electron chi connectivity index (χ0n) is 15.0. The Morgan fingerprint density at radius 2 is 2.00 bits per heavy atom. The topological polar surface area (TPSA) is 63.2 Å². The first-order valence-electron chi connectivity index (χ1n) is 8.90. The van der Waals surface area contributed by atoms with Crippen LogP contribution in [0.1, 0.15) is 38.2 Å². The molecule has 2 aromatic rings. The molecule has 0 fully saturated rings. The molecule has 26 heavy (non-hydrogen) atoms. The predicted octanol–water partition coefficient (Wildman–Crippen LogP) is 4.10. The quantitative estimate of drug-likeness (QED) is 0.513. The number of carbonyl (C=O) groups is 1. The minimum atomic E-state index is -0.123. The molecule has 0 radical (unpaired) electrons. The maximum Gasteiger partial charge on any atom is 0.226 e. The number of benzene rings is 1. The third-order valence-corrected chi connectivity index (χ3v) is 3.95. The van der Waals surface area contributed by atoms with E-state index in [2.05, 4.69) is 22.5 Å². The van der Waals surface area contributed by atoms with Crippen LogP contribution in [0.15, 0.2) is 48.8 Å². The maximum absolute atomic E-state index is 12.0. The van der Waals surface area contributed by atoms with Gasteiger partial charge in [0.1, 0.15) is 5.75 Å². The van der Waals surface area contributed by atoms with Crippen molar-refractivity contribution in [3.05, 3.63) is 54.4 Å². The SMILES string of the molecule is CCCCCOc1ccc(NC(=S)NC(=O)CCc2cccnc2)cc1. The van der Waals surface area contributed by atoms with E-state index in [1.807, 2.05) is 36.4 Å². The van der Waals surface area contributed by atoms with Gasteiger partial charge in [0.2, 0.25) is 5.91 Å². The Morgan fingerprint density at radius 1 is 1.19 bits per heavy atom. The lowest BCUT2D eigenvalue weighted by atomic mass is 10.1. The van der Waals surface area contributed by atoms with E-state index >= 15 is 0 Å². The standard InChI is InChI=1S/C20H25N3O2S/c1-2-3-4-14-25-18-10-8-17(9-11-18)22-20(26)23-19(24)12-7-16-6-5-13-21-15-16/h5-6,8-11,13,15H,2-4,7,12,14H2,1H3,(H2,22,23,24,26). The first kappa shape index (κ1) is 19.8. The van der Waals surface area contributed by atoms with Crippen molar-refractivity contribution in [1.82, 2.24) is 10.3 Å². The van der Waals surface area contributed by atoms with Crippen molar-refractivity contribution in [3.8, 4) is 5.75 Å². The van der Waals surface area contributed by atoms with Gasteiger partial charge in [0.15, 0.2) is 5.11 Å². The minimum absolute atomic E-state index is 0.123. The fraction of sp³-hybridized carbons (Fsp3) is 0.350. The summed E-state index contributed by atoms with van der Waals surface area (Å²) in [6.07, 6.45) is 7.88. The van der Waals surface area contributed by atoms with Crippen molar-refractivity contribution in [2.75, 3.05) is 11.9 Å². The van der Waals surface area contributed by atoms with Crippen molar-refractivity contribution in [2.24, 2.45) is 0 Å². The summed E-state index contributed by atoms with van der Waals surface area (Å²) in [6, 6.07) is 11.3. The highest BCUT2D eigenvalue weighted by Gasteiger charge is 2.06. The lowest BCUT2D eigenvalue weighted by Crippen LogP contribution is -2.34. The Labute approximate surface area is 160 Å². The second-order valence-electron chi connectivity index (χ2n) is 5.94. The van der Waals surface area contributed by atoms with Crippen LogP contribution in [0.3, 0.4) is 0 Å². The van der Waals surface area contributed by atoms with Gasteiger partial charge in [-0.2, -0.15) is 0 Å². The molecule has 1 amide bonds. The molecule has 6 heteroatoms. The highest BCUT2D eigenvalue weighted by atomic mass is 32.1. The number of hydrogen-bond donors (Lipinski definition) is 2. The number of amides is 1. The fourth-order valence-corrected chi connectivity index (χ4v) is 2.56. The van der Waals surface area contributed by atoms with Gasteiger partial charge in [-0.15, -0.1) is 0 Å². The van der Waals surface area contributed by atoms with Crippen LogP contribution in [0.5, 0.6) is 5.75 Å². The lowest BCUT2D eigenvalue weighted by molar-refractivity contribution is -0.119. The third kappa shape index (κ3) is 7.61. The van der Waals surface area contributed by atoms with Crippen molar-refractivity contribution in [1.29, 1.82) is 0 Å². The van der Waals surface area contributed by atoms with E-state index in [9.17, 15) is 4.79 Å². The summed E-state index contributed by atoms with van der Waals surface area (Å²) >= 11 is 5.19. The smallest absolute Gasteiger partial charge is 0.226 e. The Bertz CT molecular complexity index is 690. The van der Waals surface area contributed by atoms with Crippen molar-refractivity contribution < 1.29 is 9.53 Å². The van der Waals surface area contributed by atoms with Crippen LogP contribution in [-0.4, -0.2) is 22.6 Å². The van der Waals surface area contributed by atoms with Crippen LogP contribution in [-0.2, 0) is 11.2 Å². The number of unbranched alkanes of at least 4 members (excludes halogenated alkanes) is 2. The first-order valence-corrected chi connectivity index (χ1v) is 9.31. The molecular weight excluding hydrogens is 346 g/mol. The van der Waals surface area contributed by atoms with E-state index in [0.29, 0.717) is 12.8 Å². The summed E-state index contributed by atoms with van der Waals surface area (Å²) in [5.74, 6) is 0.709. The van der Waals surface area contributed by atoms with Gasteiger partial charge in [0, 0.05) is 24.5 Å². The summed E-state index contributed by atoms with van der Waals surface area (Å²) in [6.45, 7) is 2.90. The molecule has 5 nitrogen and oxygen atoms in total. The number of thiocarbonyl (C=S) groups is 1. The number of ether oxygens (including phenoxy) is 1. The molecule has 0 atom stereocenters. The van der Waals surface area contributed by atoms with E-state index in [1.165, 1.54) is 12.8 Å². The number of rotatable bonds is 9. The van der Waals surface area contributed by atoms with Gasteiger partial charge in [0.25, 0.3) is 0 Å². The van der Waals surface area contributed by atoms with Crippen molar-refractivity contribution >= 4 is 28.9 Å². The highest BCUT2D eigenvalue weighted by molar-refractivity contribution is 7.80. The summed E-state index contributed by atoms with van der Waals surface area (Å²) < 4.78 is 5.67.